The van der Waals surface area contributed by atoms with Crippen molar-refractivity contribution >= 4 is 37.0 Å². The fourth-order valence-electron chi connectivity index (χ4n) is 11.8. The summed E-state index contributed by atoms with van der Waals surface area (Å²) in [5.74, 6) is 1.53. The molecule has 2 atom stereocenters. The van der Waals surface area contributed by atoms with Crippen LogP contribution in [0.5, 0.6) is 0 Å². The first kappa shape index (κ1) is 42.0. The van der Waals surface area contributed by atoms with Crippen LogP contribution in [-0.2, 0) is 30.8 Å². The van der Waals surface area contributed by atoms with Crippen LogP contribution in [0.1, 0.15) is 153 Å². The first-order valence-electron chi connectivity index (χ1n) is 21.9. The van der Waals surface area contributed by atoms with Gasteiger partial charge >= 0.3 is 334 Å². The molecule has 0 nitrogen and oxygen atoms in total. The second-order valence-electron chi connectivity index (χ2n) is 20.2. The van der Waals surface area contributed by atoms with Gasteiger partial charge < -0.3 is 0 Å². The van der Waals surface area contributed by atoms with Crippen molar-refractivity contribution in [2.45, 2.75) is 139 Å². The van der Waals surface area contributed by atoms with Gasteiger partial charge in [0.25, 0.3) is 0 Å². The van der Waals surface area contributed by atoms with Crippen LogP contribution in [0.2, 0.25) is 8.35 Å². The smallest absolute Gasteiger partial charge is 0.147 e. The maximum atomic E-state index is 2.82. The van der Waals surface area contributed by atoms with E-state index >= 15 is 0 Å². The molecular formula is C53H66Cl2Hf. The zero-order valence-electron chi connectivity index (χ0n) is 35.1. The van der Waals surface area contributed by atoms with Crippen LogP contribution in [0, 0.1) is 11.8 Å². The van der Waals surface area contributed by atoms with Crippen LogP contribution in [-0.4, -0.2) is 0 Å². The summed E-state index contributed by atoms with van der Waals surface area (Å²) in [5.41, 5.74) is 19.4. The molecule has 9 rings (SSSR count). The molecule has 5 aliphatic rings. The van der Waals surface area contributed by atoms with Crippen molar-refractivity contribution < 1.29 is 20.0 Å². The first-order valence-corrected chi connectivity index (χ1v) is 31.2. The molecule has 4 aromatic carbocycles. The molecule has 56 heavy (non-hydrogen) atoms. The van der Waals surface area contributed by atoms with Crippen molar-refractivity contribution in [2.75, 3.05) is 0 Å². The molecule has 0 radical (unpaired) electrons. The maximum absolute atomic E-state index is 3.22. The van der Waals surface area contributed by atoms with Gasteiger partial charge in [0.2, 0.25) is 0 Å². The molecule has 296 valence electrons. The van der Waals surface area contributed by atoms with Gasteiger partial charge in [-0.3, -0.25) is 0 Å². The Bertz CT molecular complexity index is 1920. The van der Waals surface area contributed by atoms with Crippen LogP contribution < -0.4 is 0 Å². The van der Waals surface area contributed by atoms with E-state index in [1.807, 2.05) is 11.1 Å². The molecule has 0 bridgehead atoms. The molecule has 3 fully saturated rings. The van der Waals surface area contributed by atoms with E-state index in [4.69, 9.17) is 0 Å². The first-order chi connectivity index (χ1) is 26.0. The normalized spacial score (nSPS) is 22.2. The molecule has 4 aromatic rings. The molecule has 2 saturated carbocycles. The monoisotopic (exact) mass is 952 g/mol. The van der Waals surface area contributed by atoms with E-state index in [9.17, 15) is 0 Å². The average Bonchev–Trinajstić information content (AvgIpc) is 3.75. The van der Waals surface area contributed by atoms with E-state index in [1.54, 1.807) is 30.6 Å². The number of halogens is 2. The number of hydrogen-bond donors (Lipinski definition) is 0. The van der Waals surface area contributed by atoms with Gasteiger partial charge in [-0.15, -0.1) is 24.8 Å². The molecule has 1 saturated heterocycles. The molecule has 0 aromatic heterocycles. The number of rotatable bonds is 6. The van der Waals surface area contributed by atoms with E-state index in [0.717, 1.165) is 19.2 Å². The van der Waals surface area contributed by atoms with Crippen LogP contribution >= 0.6 is 24.8 Å². The van der Waals surface area contributed by atoms with Crippen molar-refractivity contribution in [1.29, 1.82) is 0 Å². The molecule has 0 amide bonds. The molecule has 0 N–H and O–H groups in total. The largest absolute Gasteiger partial charge is 0.147 e. The van der Waals surface area contributed by atoms with Gasteiger partial charge in [0.15, 0.2) is 0 Å². The van der Waals surface area contributed by atoms with E-state index < -0.39 is 20.0 Å². The standard InChI is InChI=1S/2C25H29.C3H6.2ClH.Hf/c2*1-25(2,3)22-14-12-19(13-15-22)23-11-7-10-20-16-21(17-24(20)23)18-8-5-4-6-9-18;1-3-2;;;/h2*7,10-18H,4-6,8-9H2,1-3H3;1-3H2;2*1H;. The number of hydrogen-bond acceptors (Lipinski definition) is 0. The second-order valence-corrected chi connectivity index (χ2v) is 36.8. The van der Waals surface area contributed by atoms with E-state index in [0.29, 0.717) is 0 Å². The van der Waals surface area contributed by atoms with Gasteiger partial charge in [-0.2, -0.15) is 0 Å². The third-order valence-corrected chi connectivity index (χ3v) is 37.0. The summed E-state index contributed by atoms with van der Waals surface area (Å²) < 4.78 is 4.56. The summed E-state index contributed by atoms with van der Waals surface area (Å²) >= 11 is -3.22. The summed E-state index contributed by atoms with van der Waals surface area (Å²) in [6, 6.07) is 34.3. The third kappa shape index (κ3) is 7.47. The fraction of sp³-hybridized carbons (Fsp3) is 0.472. The van der Waals surface area contributed by atoms with Gasteiger partial charge in [-0.25, -0.2) is 0 Å². The fourth-order valence-corrected chi connectivity index (χ4v) is 34.7. The Morgan fingerprint density at radius 2 is 0.821 bits per heavy atom. The van der Waals surface area contributed by atoms with Crippen LogP contribution in [0.15, 0.2) is 96.1 Å². The minimum atomic E-state index is -3.22. The summed E-state index contributed by atoms with van der Waals surface area (Å²) in [6.07, 6.45) is 21.2. The van der Waals surface area contributed by atoms with E-state index in [1.165, 1.54) is 104 Å². The minimum Gasteiger partial charge on any atom is -0.147 e. The summed E-state index contributed by atoms with van der Waals surface area (Å²) in [6.45, 7) is 14.0. The predicted molar refractivity (Wildman–Crippen MR) is 244 cm³/mol. The Kier molecular flexibility index (Phi) is 12.3. The van der Waals surface area contributed by atoms with Crippen molar-refractivity contribution in [2.24, 2.45) is 11.8 Å². The zero-order chi connectivity index (χ0) is 37.2. The van der Waals surface area contributed by atoms with Crippen LogP contribution in [0.3, 0.4) is 0 Å². The summed E-state index contributed by atoms with van der Waals surface area (Å²) in [5, 5.41) is 0. The summed E-state index contributed by atoms with van der Waals surface area (Å²) in [4.78, 5) is 0. The molecule has 2 unspecified atom stereocenters. The van der Waals surface area contributed by atoms with Crippen molar-refractivity contribution in [3.8, 4) is 22.3 Å². The van der Waals surface area contributed by atoms with Crippen molar-refractivity contribution in [1.82, 2.24) is 0 Å². The van der Waals surface area contributed by atoms with Gasteiger partial charge in [0.1, 0.15) is 0 Å². The van der Waals surface area contributed by atoms with E-state index in [-0.39, 0.29) is 35.6 Å². The molecule has 0 spiro atoms. The quantitative estimate of drug-likeness (QED) is 0.169. The summed E-state index contributed by atoms with van der Waals surface area (Å²) in [7, 11) is 0. The van der Waals surface area contributed by atoms with Gasteiger partial charge in [0, 0.05) is 0 Å². The van der Waals surface area contributed by atoms with Gasteiger partial charge in [0.05, 0.1) is 0 Å². The van der Waals surface area contributed by atoms with Crippen molar-refractivity contribution in [3.63, 3.8) is 0 Å². The Morgan fingerprint density at radius 3 is 1.14 bits per heavy atom. The van der Waals surface area contributed by atoms with Crippen molar-refractivity contribution in [3.05, 3.63) is 129 Å². The van der Waals surface area contributed by atoms with Crippen LogP contribution in [0.25, 0.3) is 34.4 Å². The predicted octanol–water partition coefficient (Wildman–Crippen LogP) is 16.6. The molecule has 1 aliphatic heterocycles. The van der Waals surface area contributed by atoms with E-state index in [2.05, 4.69) is 139 Å². The Labute approximate surface area is 356 Å². The molecular weight excluding hydrogens is 886 g/mol. The Morgan fingerprint density at radius 1 is 0.446 bits per heavy atom. The van der Waals surface area contributed by atoms with Gasteiger partial charge in [-0.1, -0.05) is 0 Å². The molecule has 1 heterocycles. The van der Waals surface area contributed by atoms with Crippen LogP contribution in [0.4, 0.5) is 0 Å². The Hall–Kier alpha value is -2.19. The Balaban J connectivity index is 0.00000240. The number of benzene rings is 4. The van der Waals surface area contributed by atoms with Gasteiger partial charge in [-0.05, 0) is 0 Å². The zero-order valence-corrected chi connectivity index (χ0v) is 40.3. The molecule has 4 aliphatic carbocycles. The minimum absolute atomic E-state index is 0. The second kappa shape index (κ2) is 16.5. The third-order valence-electron chi connectivity index (χ3n) is 14.9. The maximum Gasteiger partial charge on any atom is -0.147 e. The number of allylic oxidation sites excluding steroid dienone is 2. The average molecular weight is 953 g/mol. The topological polar surface area (TPSA) is 0 Å². The molecule has 3 heteroatoms. The number of fused-ring (bicyclic) bond motifs is 2. The SMILES string of the molecule is CC(C)(C)c1ccc(-c2cccc3c2C=C(C2CCCCC2)[CH]3[Hf]2([CH]3C(C4CCCCC4)=Cc4c(-c5ccc(C(C)(C)C)cc5)cccc43)[CH2]C[CH2]2)cc1.Cl.Cl.